The molecule has 1 aromatic rings. The van der Waals surface area contributed by atoms with E-state index in [0.717, 1.165) is 0 Å². The zero-order valence-electron chi connectivity index (χ0n) is 9.94. The van der Waals surface area contributed by atoms with Gasteiger partial charge in [0.15, 0.2) is 0 Å². The third-order valence-corrected chi connectivity index (χ3v) is 3.69. The van der Waals surface area contributed by atoms with Crippen LogP contribution in [-0.2, 0) is 16.0 Å². The first kappa shape index (κ1) is 13.5. The van der Waals surface area contributed by atoms with Crippen LogP contribution in [0.3, 0.4) is 0 Å². The molecule has 0 aromatic heterocycles. The Bertz CT molecular complexity index is 427. The SMILES string of the molecule is O=C(Cc1ccccc1F)N1CCOC(CBr)C1. The molecular weight excluding hydrogens is 301 g/mol. The topological polar surface area (TPSA) is 29.5 Å². The van der Waals surface area contributed by atoms with E-state index in [1.165, 1.54) is 6.07 Å². The highest BCUT2D eigenvalue weighted by molar-refractivity contribution is 9.09. The predicted octanol–water partition coefficient (Wildman–Crippen LogP) is 1.99. The van der Waals surface area contributed by atoms with Crippen molar-refractivity contribution in [1.82, 2.24) is 4.90 Å². The fourth-order valence-electron chi connectivity index (χ4n) is 1.96. The van der Waals surface area contributed by atoms with Crippen LogP contribution >= 0.6 is 15.9 Å². The number of morpholine rings is 1. The van der Waals surface area contributed by atoms with E-state index in [4.69, 9.17) is 4.74 Å². The van der Waals surface area contributed by atoms with Crippen molar-refractivity contribution in [2.24, 2.45) is 0 Å². The third-order valence-electron chi connectivity index (χ3n) is 2.96. The van der Waals surface area contributed by atoms with Gasteiger partial charge in [-0.3, -0.25) is 4.79 Å². The number of ether oxygens (including phenoxy) is 1. The maximum Gasteiger partial charge on any atom is 0.227 e. The Labute approximate surface area is 114 Å². The van der Waals surface area contributed by atoms with Crippen molar-refractivity contribution < 1.29 is 13.9 Å². The fraction of sp³-hybridized carbons (Fsp3) is 0.462. The molecule has 1 atom stereocenters. The number of hydrogen-bond donors (Lipinski definition) is 0. The van der Waals surface area contributed by atoms with Gasteiger partial charge in [-0.15, -0.1) is 0 Å². The molecule has 0 N–H and O–H groups in total. The summed E-state index contributed by atoms with van der Waals surface area (Å²) in [5, 5.41) is 0.705. The molecule has 1 aliphatic heterocycles. The van der Waals surface area contributed by atoms with E-state index in [1.807, 2.05) is 0 Å². The van der Waals surface area contributed by atoms with Gasteiger partial charge in [-0.25, -0.2) is 4.39 Å². The Balaban J connectivity index is 1.97. The molecule has 0 spiro atoms. The summed E-state index contributed by atoms with van der Waals surface area (Å²) in [5.41, 5.74) is 0.449. The second-order valence-corrected chi connectivity index (χ2v) is 4.90. The van der Waals surface area contributed by atoms with Gasteiger partial charge in [-0.1, -0.05) is 34.1 Å². The second-order valence-electron chi connectivity index (χ2n) is 4.26. The Morgan fingerprint density at radius 2 is 2.28 bits per heavy atom. The number of nitrogens with zero attached hydrogens (tertiary/aromatic N) is 1. The lowest BCUT2D eigenvalue weighted by molar-refractivity contribution is -0.137. The smallest absolute Gasteiger partial charge is 0.227 e. The number of amides is 1. The van der Waals surface area contributed by atoms with E-state index < -0.39 is 0 Å². The molecule has 1 heterocycles. The van der Waals surface area contributed by atoms with Crippen LogP contribution in [0.1, 0.15) is 5.56 Å². The fourth-order valence-corrected chi connectivity index (χ4v) is 2.35. The van der Waals surface area contributed by atoms with Gasteiger partial charge in [0.2, 0.25) is 5.91 Å². The highest BCUT2D eigenvalue weighted by Gasteiger charge is 2.23. The van der Waals surface area contributed by atoms with Gasteiger partial charge >= 0.3 is 0 Å². The van der Waals surface area contributed by atoms with E-state index in [2.05, 4.69) is 15.9 Å². The van der Waals surface area contributed by atoms with Gasteiger partial charge in [0.05, 0.1) is 19.1 Å². The second kappa shape index (κ2) is 6.29. The van der Waals surface area contributed by atoms with Crippen molar-refractivity contribution >= 4 is 21.8 Å². The van der Waals surface area contributed by atoms with Crippen LogP contribution in [0.5, 0.6) is 0 Å². The molecule has 0 aliphatic carbocycles. The standard InChI is InChI=1S/C13H15BrFNO2/c14-8-11-9-16(5-6-18-11)13(17)7-10-3-1-2-4-12(10)15/h1-4,11H,5-9H2. The maximum absolute atomic E-state index is 13.5. The highest BCUT2D eigenvalue weighted by Crippen LogP contribution is 2.12. The summed E-state index contributed by atoms with van der Waals surface area (Å²) in [6, 6.07) is 6.39. The monoisotopic (exact) mass is 315 g/mol. The van der Waals surface area contributed by atoms with Crippen LogP contribution in [0.25, 0.3) is 0 Å². The molecule has 2 rings (SSSR count). The van der Waals surface area contributed by atoms with E-state index in [-0.39, 0.29) is 24.2 Å². The number of hydrogen-bond acceptors (Lipinski definition) is 2. The number of halogens is 2. The number of carbonyl (C=O) groups is 1. The molecule has 0 bridgehead atoms. The number of alkyl halides is 1. The minimum Gasteiger partial charge on any atom is -0.374 e. The lowest BCUT2D eigenvalue weighted by Crippen LogP contribution is -2.46. The average Bonchev–Trinajstić information content (AvgIpc) is 2.41. The minimum atomic E-state index is -0.323. The average molecular weight is 316 g/mol. The van der Waals surface area contributed by atoms with Crippen molar-refractivity contribution in [3.63, 3.8) is 0 Å². The van der Waals surface area contributed by atoms with E-state index in [1.54, 1.807) is 23.1 Å². The molecule has 18 heavy (non-hydrogen) atoms. The Morgan fingerprint density at radius 1 is 1.50 bits per heavy atom. The molecule has 1 amide bonds. The zero-order valence-corrected chi connectivity index (χ0v) is 11.5. The molecule has 0 saturated carbocycles. The van der Waals surface area contributed by atoms with Gasteiger partial charge < -0.3 is 9.64 Å². The number of carbonyl (C=O) groups excluding carboxylic acids is 1. The molecule has 3 nitrogen and oxygen atoms in total. The first-order chi connectivity index (χ1) is 8.70. The van der Waals surface area contributed by atoms with Gasteiger partial charge in [-0.05, 0) is 11.6 Å². The summed E-state index contributed by atoms with van der Waals surface area (Å²) >= 11 is 3.34. The zero-order chi connectivity index (χ0) is 13.0. The van der Waals surface area contributed by atoms with Gasteiger partial charge in [0, 0.05) is 18.4 Å². The lowest BCUT2D eigenvalue weighted by atomic mass is 10.1. The van der Waals surface area contributed by atoms with Crippen molar-refractivity contribution in [3.8, 4) is 0 Å². The molecule has 1 unspecified atom stereocenters. The maximum atomic E-state index is 13.5. The predicted molar refractivity (Wildman–Crippen MR) is 70.2 cm³/mol. The molecule has 1 aromatic carbocycles. The van der Waals surface area contributed by atoms with Gasteiger partial charge in [-0.2, -0.15) is 0 Å². The van der Waals surface area contributed by atoms with Crippen LogP contribution in [0, 0.1) is 5.82 Å². The molecule has 1 aliphatic rings. The molecule has 5 heteroatoms. The van der Waals surface area contributed by atoms with Crippen LogP contribution in [0.15, 0.2) is 24.3 Å². The normalized spacial score (nSPS) is 19.9. The first-order valence-corrected chi connectivity index (χ1v) is 7.01. The lowest BCUT2D eigenvalue weighted by Gasteiger charge is -2.32. The largest absolute Gasteiger partial charge is 0.374 e. The molecule has 1 fully saturated rings. The first-order valence-electron chi connectivity index (χ1n) is 5.89. The summed E-state index contributed by atoms with van der Waals surface area (Å²) in [6.07, 6.45) is 0.144. The van der Waals surface area contributed by atoms with Crippen LogP contribution in [0.2, 0.25) is 0 Å². The van der Waals surface area contributed by atoms with Crippen LogP contribution < -0.4 is 0 Å². The molecule has 98 valence electrons. The molecule has 1 saturated heterocycles. The van der Waals surface area contributed by atoms with Crippen molar-refractivity contribution in [1.29, 1.82) is 0 Å². The van der Waals surface area contributed by atoms with Crippen LogP contribution in [0.4, 0.5) is 4.39 Å². The van der Waals surface area contributed by atoms with Crippen molar-refractivity contribution in [2.45, 2.75) is 12.5 Å². The molecule has 0 radical (unpaired) electrons. The summed E-state index contributed by atoms with van der Waals surface area (Å²) in [6.45, 7) is 1.69. The molecular formula is C13H15BrFNO2. The summed E-state index contributed by atoms with van der Waals surface area (Å²) in [5.74, 6) is -0.370. The summed E-state index contributed by atoms with van der Waals surface area (Å²) in [7, 11) is 0. The quantitative estimate of drug-likeness (QED) is 0.798. The van der Waals surface area contributed by atoms with Gasteiger partial charge in [0.1, 0.15) is 5.82 Å². The van der Waals surface area contributed by atoms with E-state index in [9.17, 15) is 9.18 Å². The Kier molecular flexibility index (Phi) is 4.72. The van der Waals surface area contributed by atoms with Crippen molar-refractivity contribution in [2.75, 3.05) is 25.0 Å². The van der Waals surface area contributed by atoms with E-state index >= 15 is 0 Å². The summed E-state index contributed by atoms with van der Waals surface area (Å²) < 4.78 is 18.9. The Hall–Kier alpha value is -0.940. The van der Waals surface area contributed by atoms with E-state index in [0.29, 0.717) is 30.6 Å². The highest BCUT2D eigenvalue weighted by atomic mass is 79.9. The third kappa shape index (κ3) is 3.29. The summed E-state index contributed by atoms with van der Waals surface area (Å²) in [4.78, 5) is 13.8. The number of benzene rings is 1. The van der Waals surface area contributed by atoms with Gasteiger partial charge in [0.25, 0.3) is 0 Å². The van der Waals surface area contributed by atoms with Crippen molar-refractivity contribution in [3.05, 3.63) is 35.6 Å². The number of rotatable bonds is 3. The van der Waals surface area contributed by atoms with Crippen LogP contribution in [-0.4, -0.2) is 41.9 Å². The Morgan fingerprint density at radius 3 is 3.00 bits per heavy atom. The minimum absolute atomic E-state index is 0.0309.